The Hall–Kier alpha value is -0.610. The van der Waals surface area contributed by atoms with Crippen LogP contribution in [0.1, 0.15) is 39.5 Å². The van der Waals surface area contributed by atoms with E-state index in [1.54, 1.807) is 0 Å². The highest BCUT2D eigenvalue weighted by Gasteiger charge is 2.33. The van der Waals surface area contributed by atoms with Crippen LogP contribution in [0.3, 0.4) is 0 Å². The second-order valence-electron chi connectivity index (χ2n) is 5.37. The summed E-state index contributed by atoms with van der Waals surface area (Å²) >= 11 is 0. The van der Waals surface area contributed by atoms with Gasteiger partial charge >= 0.3 is 0 Å². The summed E-state index contributed by atoms with van der Waals surface area (Å²) in [5.74, 6) is 0.304. The fourth-order valence-corrected chi connectivity index (χ4v) is 2.90. The van der Waals surface area contributed by atoms with Crippen LogP contribution in [0, 0.1) is 0 Å². The molecule has 1 N–H and O–H groups in total. The normalized spacial score (nSPS) is 28.0. The van der Waals surface area contributed by atoms with Crippen molar-refractivity contribution < 1.29 is 4.79 Å². The number of carbonyl (C=O) groups is 1. The van der Waals surface area contributed by atoms with Gasteiger partial charge in [0, 0.05) is 12.6 Å². The summed E-state index contributed by atoms with van der Waals surface area (Å²) in [5.41, 5.74) is 0. The highest BCUT2D eigenvalue weighted by Crippen LogP contribution is 2.15. The van der Waals surface area contributed by atoms with Crippen molar-refractivity contribution in [1.82, 2.24) is 15.1 Å². The number of hydrogen-bond donors (Lipinski definition) is 1. The lowest BCUT2D eigenvalue weighted by molar-refractivity contribution is -0.130. The SMILES string of the molecule is CCCC1NCN(C(C)CN2CCCC2)C1=O. The topological polar surface area (TPSA) is 35.6 Å². The predicted molar refractivity (Wildman–Crippen MR) is 68.7 cm³/mol. The highest BCUT2D eigenvalue weighted by atomic mass is 16.2. The molecule has 4 heteroatoms. The molecule has 98 valence electrons. The molecule has 0 spiro atoms. The molecule has 0 aromatic carbocycles. The van der Waals surface area contributed by atoms with Crippen molar-refractivity contribution >= 4 is 5.91 Å². The first-order valence-electron chi connectivity index (χ1n) is 6.98. The molecule has 0 aromatic heterocycles. The van der Waals surface area contributed by atoms with E-state index < -0.39 is 0 Å². The van der Waals surface area contributed by atoms with Crippen LogP contribution in [-0.4, -0.2) is 54.1 Å². The summed E-state index contributed by atoms with van der Waals surface area (Å²) in [6.07, 6.45) is 4.66. The first-order valence-corrected chi connectivity index (χ1v) is 6.98. The Balaban J connectivity index is 1.83. The predicted octanol–water partition coefficient (Wildman–Crippen LogP) is 1.03. The van der Waals surface area contributed by atoms with Crippen LogP contribution >= 0.6 is 0 Å². The number of rotatable bonds is 5. The lowest BCUT2D eigenvalue weighted by Gasteiger charge is -2.28. The molecular formula is C13H25N3O. The maximum absolute atomic E-state index is 12.2. The standard InChI is InChI=1S/C13H25N3O/c1-3-6-12-13(17)16(10-14-12)11(2)9-15-7-4-5-8-15/h11-12,14H,3-10H2,1-2H3. The van der Waals surface area contributed by atoms with Crippen LogP contribution in [0.5, 0.6) is 0 Å². The van der Waals surface area contributed by atoms with Crippen molar-refractivity contribution in [3.8, 4) is 0 Å². The Labute approximate surface area is 104 Å². The third kappa shape index (κ3) is 2.99. The van der Waals surface area contributed by atoms with E-state index in [0.717, 1.165) is 26.1 Å². The zero-order chi connectivity index (χ0) is 12.3. The van der Waals surface area contributed by atoms with E-state index in [1.807, 2.05) is 4.90 Å². The van der Waals surface area contributed by atoms with Gasteiger partial charge in [0.15, 0.2) is 0 Å². The molecule has 4 nitrogen and oxygen atoms in total. The molecule has 2 saturated heterocycles. The van der Waals surface area contributed by atoms with Gasteiger partial charge in [-0.2, -0.15) is 0 Å². The Kier molecular flexibility index (Phi) is 4.40. The Morgan fingerprint density at radius 1 is 1.41 bits per heavy atom. The summed E-state index contributed by atoms with van der Waals surface area (Å²) in [7, 11) is 0. The van der Waals surface area contributed by atoms with Gasteiger partial charge in [0.1, 0.15) is 0 Å². The van der Waals surface area contributed by atoms with Crippen molar-refractivity contribution in [3.63, 3.8) is 0 Å². The average Bonchev–Trinajstić information content (AvgIpc) is 2.91. The molecule has 2 fully saturated rings. The van der Waals surface area contributed by atoms with Gasteiger partial charge in [-0.15, -0.1) is 0 Å². The number of nitrogens with one attached hydrogen (secondary N) is 1. The van der Waals surface area contributed by atoms with E-state index in [4.69, 9.17) is 0 Å². The number of carbonyl (C=O) groups excluding carboxylic acids is 1. The average molecular weight is 239 g/mol. The fourth-order valence-electron chi connectivity index (χ4n) is 2.90. The number of likely N-dealkylation sites (tertiary alicyclic amines) is 1. The fraction of sp³-hybridized carbons (Fsp3) is 0.923. The maximum Gasteiger partial charge on any atom is 0.241 e. The largest absolute Gasteiger partial charge is 0.325 e. The molecule has 0 aromatic rings. The summed E-state index contributed by atoms with van der Waals surface area (Å²) < 4.78 is 0. The zero-order valence-electron chi connectivity index (χ0n) is 11.1. The molecule has 2 atom stereocenters. The van der Waals surface area contributed by atoms with Gasteiger partial charge in [-0.05, 0) is 39.3 Å². The maximum atomic E-state index is 12.2. The van der Waals surface area contributed by atoms with Crippen molar-refractivity contribution in [1.29, 1.82) is 0 Å². The number of hydrogen-bond acceptors (Lipinski definition) is 3. The van der Waals surface area contributed by atoms with Gasteiger partial charge in [-0.25, -0.2) is 0 Å². The van der Waals surface area contributed by atoms with Crippen LogP contribution in [0.2, 0.25) is 0 Å². The van der Waals surface area contributed by atoms with Crippen molar-refractivity contribution in [2.24, 2.45) is 0 Å². The Morgan fingerprint density at radius 2 is 2.12 bits per heavy atom. The first-order chi connectivity index (χ1) is 8.22. The minimum atomic E-state index is 0.0704. The molecular weight excluding hydrogens is 214 g/mol. The third-order valence-electron chi connectivity index (χ3n) is 3.92. The van der Waals surface area contributed by atoms with Crippen LogP contribution < -0.4 is 5.32 Å². The highest BCUT2D eigenvalue weighted by molar-refractivity contribution is 5.84. The Bertz CT molecular complexity index is 263. The third-order valence-corrected chi connectivity index (χ3v) is 3.92. The van der Waals surface area contributed by atoms with E-state index in [-0.39, 0.29) is 6.04 Å². The molecule has 0 bridgehead atoms. The zero-order valence-corrected chi connectivity index (χ0v) is 11.1. The molecule has 0 radical (unpaired) electrons. The van der Waals surface area contributed by atoms with Crippen LogP contribution in [0.15, 0.2) is 0 Å². The second-order valence-corrected chi connectivity index (χ2v) is 5.37. The first kappa shape index (κ1) is 12.8. The molecule has 2 heterocycles. The van der Waals surface area contributed by atoms with E-state index >= 15 is 0 Å². The van der Waals surface area contributed by atoms with E-state index in [1.165, 1.54) is 25.9 Å². The van der Waals surface area contributed by atoms with Crippen molar-refractivity contribution in [2.75, 3.05) is 26.3 Å². The summed E-state index contributed by atoms with van der Waals surface area (Å²) in [6.45, 7) is 8.48. The summed E-state index contributed by atoms with van der Waals surface area (Å²) in [6, 6.07) is 0.413. The van der Waals surface area contributed by atoms with E-state index in [2.05, 4.69) is 24.1 Å². The molecule has 2 aliphatic rings. The molecule has 2 aliphatic heterocycles. The molecule has 0 saturated carbocycles. The van der Waals surface area contributed by atoms with Gasteiger partial charge in [-0.1, -0.05) is 13.3 Å². The summed E-state index contributed by atoms with van der Waals surface area (Å²) in [5, 5.41) is 3.32. The van der Waals surface area contributed by atoms with Crippen LogP contribution in [0.25, 0.3) is 0 Å². The van der Waals surface area contributed by atoms with Crippen LogP contribution in [-0.2, 0) is 4.79 Å². The van der Waals surface area contributed by atoms with Gasteiger partial charge in [0.2, 0.25) is 5.91 Å². The molecule has 0 aliphatic carbocycles. The van der Waals surface area contributed by atoms with Gasteiger partial charge in [-0.3, -0.25) is 10.1 Å². The second kappa shape index (κ2) is 5.83. The molecule has 17 heavy (non-hydrogen) atoms. The monoisotopic (exact) mass is 239 g/mol. The van der Waals surface area contributed by atoms with Gasteiger partial charge < -0.3 is 9.80 Å². The van der Waals surface area contributed by atoms with E-state index in [0.29, 0.717) is 11.9 Å². The summed E-state index contributed by atoms with van der Waals surface area (Å²) in [4.78, 5) is 16.6. The smallest absolute Gasteiger partial charge is 0.241 e. The lowest BCUT2D eigenvalue weighted by atomic mass is 10.1. The minimum Gasteiger partial charge on any atom is -0.325 e. The number of nitrogens with zero attached hydrogens (tertiary/aromatic N) is 2. The van der Waals surface area contributed by atoms with Gasteiger partial charge in [0.25, 0.3) is 0 Å². The molecule has 1 amide bonds. The van der Waals surface area contributed by atoms with Crippen LogP contribution in [0.4, 0.5) is 0 Å². The Morgan fingerprint density at radius 3 is 2.76 bits per heavy atom. The quantitative estimate of drug-likeness (QED) is 0.778. The van der Waals surface area contributed by atoms with E-state index in [9.17, 15) is 4.79 Å². The lowest BCUT2D eigenvalue weighted by Crippen LogP contribution is -2.43. The number of amides is 1. The molecule has 2 unspecified atom stereocenters. The van der Waals surface area contributed by atoms with Crippen molar-refractivity contribution in [2.45, 2.75) is 51.6 Å². The van der Waals surface area contributed by atoms with Gasteiger partial charge in [0.05, 0.1) is 12.7 Å². The minimum absolute atomic E-state index is 0.0704. The molecule has 2 rings (SSSR count). The van der Waals surface area contributed by atoms with Crippen molar-refractivity contribution in [3.05, 3.63) is 0 Å².